The largest absolute Gasteiger partial charge is 0.346 e. The molecule has 0 amide bonds. The third-order valence-corrected chi connectivity index (χ3v) is 2.82. The second kappa shape index (κ2) is 5.48. The van der Waals surface area contributed by atoms with Crippen molar-refractivity contribution in [3.63, 3.8) is 0 Å². The molecule has 3 nitrogen and oxygen atoms in total. The standard InChI is InChI=1S/C14H14FN3/c1-17-9-13-6-3-7-18(13)10-12-5-2-4-11(8-16)14(12)15/h2-7,17H,9-10H2,1H3. The Morgan fingerprint density at radius 2 is 2.17 bits per heavy atom. The topological polar surface area (TPSA) is 40.8 Å². The van der Waals surface area contributed by atoms with Gasteiger partial charge in [-0.2, -0.15) is 5.26 Å². The van der Waals surface area contributed by atoms with Crippen LogP contribution in [0, 0.1) is 17.1 Å². The minimum atomic E-state index is -0.427. The Balaban J connectivity index is 2.29. The molecule has 0 aliphatic rings. The van der Waals surface area contributed by atoms with Crippen LogP contribution in [0.15, 0.2) is 36.5 Å². The summed E-state index contributed by atoms with van der Waals surface area (Å²) in [4.78, 5) is 0. The molecule has 0 saturated heterocycles. The molecule has 0 fully saturated rings. The first kappa shape index (κ1) is 12.3. The van der Waals surface area contributed by atoms with Gasteiger partial charge in [-0.3, -0.25) is 0 Å². The summed E-state index contributed by atoms with van der Waals surface area (Å²) in [5.41, 5.74) is 1.71. The summed E-state index contributed by atoms with van der Waals surface area (Å²) in [6, 6.07) is 10.7. The number of halogens is 1. The molecule has 2 aromatic rings. The number of rotatable bonds is 4. The van der Waals surface area contributed by atoms with Gasteiger partial charge in [0.05, 0.1) is 12.1 Å². The summed E-state index contributed by atoms with van der Waals surface area (Å²) in [6.45, 7) is 1.16. The molecular formula is C14H14FN3. The van der Waals surface area contributed by atoms with Crippen molar-refractivity contribution in [2.75, 3.05) is 7.05 Å². The van der Waals surface area contributed by atoms with E-state index in [4.69, 9.17) is 5.26 Å². The minimum absolute atomic E-state index is 0.0924. The van der Waals surface area contributed by atoms with Gasteiger partial charge in [0.15, 0.2) is 0 Å². The number of nitrogens with one attached hydrogen (secondary N) is 1. The maximum Gasteiger partial charge on any atom is 0.145 e. The molecule has 2 rings (SSSR count). The van der Waals surface area contributed by atoms with E-state index in [0.717, 1.165) is 12.2 Å². The fraction of sp³-hybridized carbons (Fsp3) is 0.214. The Bertz CT molecular complexity index is 581. The van der Waals surface area contributed by atoms with E-state index < -0.39 is 5.82 Å². The highest BCUT2D eigenvalue weighted by molar-refractivity contribution is 5.35. The van der Waals surface area contributed by atoms with E-state index in [1.54, 1.807) is 12.1 Å². The van der Waals surface area contributed by atoms with Crippen molar-refractivity contribution >= 4 is 0 Å². The molecule has 0 spiro atoms. The summed E-state index contributed by atoms with van der Waals surface area (Å²) in [6.07, 6.45) is 1.91. The summed E-state index contributed by atoms with van der Waals surface area (Å²) < 4.78 is 15.9. The normalized spacial score (nSPS) is 10.3. The molecule has 4 heteroatoms. The van der Waals surface area contributed by atoms with Crippen LogP contribution in [-0.2, 0) is 13.1 Å². The van der Waals surface area contributed by atoms with Gasteiger partial charge in [-0.05, 0) is 25.2 Å². The van der Waals surface area contributed by atoms with Crippen molar-refractivity contribution in [1.29, 1.82) is 5.26 Å². The van der Waals surface area contributed by atoms with Crippen LogP contribution in [0.2, 0.25) is 0 Å². The Kier molecular flexibility index (Phi) is 3.75. The molecule has 0 aliphatic heterocycles. The van der Waals surface area contributed by atoms with E-state index in [0.29, 0.717) is 12.1 Å². The molecule has 92 valence electrons. The fourth-order valence-corrected chi connectivity index (χ4v) is 1.92. The molecule has 1 N–H and O–H groups in total. The van der Waals surface area contributed by atoms with Gasteiger partial charge >= 0.3 is 0 Å². The summed E-state index contributed by atoms with van der Waals surface area (Å²) in [7, 11) is 1.87. The van der Waals surface area contributed by atoms with E-state index in [1.165, 1.54) is 6.07 Å². The quantitative estimate of drug-likeness (QED) is 0.894. The van der Waals surface area contributed by atoms with Crippen LogP contribution in [0.3, 0.4) is 0 Å². The van der Waals surface area contributed by atoms with Crippen LogP contribution in [0.5, 0.6) is 0 Å². The Morgan fingerprint density at radius 3 is 2.89 bits per heavy atom. The SMILES string of the molecule is CNCc1cccn1Cc1cccc(C#N)c1F. The van der Waals surface area contributed by atoms with Gasteiger partial charge in [0.2, 0.25) is 0 Å². The highest BCUT2D eigenvalue weighted by atomic mass is 19.1. The van der Waals surface area contributed by atoms with Gasteiger partial charge in [0.25, 0.3) is 0 Å². The number of hydrogen-bond donors (Lipinski definition) is 1. The minimum Gasteiger partial charge on any atom is -0.346 e. The summed E-state index contributed by atoms with van der Waals surface area (Å²) in [5, 5.41) is 11.9. The molecule has 0 aliphatic carbocycles. The number of aromatic nitrogens is 1. The lowest BCUT2D eigenvalue weighted by atomic mass is 10.1. The molecule has 1 heterocycles. The van der Waals surface area contributed by atoms with Crippen LogP contribution in [-0.4, -0.2) is 11.6 Å². The average Bonchev–Trinajstić information content (AvgIpc) is 2.80. The predicted octanol–water partition coefficient (Wildman–Crippen LogP) is 2.27. The summed E-state index contributed by atoms with van der Waals surface area (Å²) in [5.74, 6) is -0.427. The number of hydrogen-bond acceptors (Lipinski definition) is 2. The Morgan fingerprint density at radius 1 is 1.33 bits per heavy atom. The van der Waals surface area contributed by atoms with Gasteiger partial charge in [-0.25, -0.2) is 4.39 Å². The van der Waals surface area contributed by atoms with E-state index in [1.807, 2.05) is 36.0 Å². The number of nitriles is 1. The monoisotopic (exact) mass is 243 g/mol. The smallest absolute Gasteiger partial charge is 0.145 e. The average molecular weight is 243 g/mol. The van der Waals surface area contributed by atoms with Crippen molar-refractivity contribution in [2.24, 2.45) is 0 Å². The van der Waals surface area contributed by atoms with Gasteiger partial charge < -0.3 is 9.88 Å². The Labute approximate surface area is 105 Å². The highest BCUT2D eigenvalue weighted by Crippen LogP contribution is 2.15. The van der Waals surface area contributed by atoms with Crippen molar-refractivity contribution in [1.82, 2.24) is 9.88 Å². The van der Waals surface area contributed by atoms with Crippen molar-refractivity contribution < 1.29 is 4.39 Å². The first-order valence-corrected chi connectivity index (χ1v) is 5.72. The van der Waals surface area contributed by atoms with Crippen LogP contribution >= 0.6 is 0 Å². The zero-order chi connectivity index (χ0) is 13.0. The van der Waals surface area contributed by atoms with Crippen molar-refractivity contribution in [2.45, 2.75) is 13.1 Å². The lowest BCUT2D eigenvalue weighted by molar-refractivity contribution is 0.590. The number of nitrogens with zero attached hydrogens (tertiary/aromatic N) is 2. The molecule has 0 unspecified atom stereocenters. The van der Waals surface area contributed by atoms with Gasteiger partial charge in [0.1, 0.15) is 11.9 Å². The van der Waals surface area contributed by atoms with Crippen molar-refractivity contribution in [3.8, 4) is 6.07 Å². The van der Waals surface area contributed by atoms with E-state index in [-0.39, 0.29) is 5.56 Å². The van der Waals surface area contributed by atoms with Crippen LogP contribution < -0.4 is 5.32 Å². The zero-order valence-corrected chi connectivity index (χ0v) is 10.2. The Hall–Kier alpha value is -2.12. The van der Waals surface area contributed by atoms with E-state index in [2.05, 4.69) is 5.32 Å². The molecule has 0 atom stereocenters. The first-order valence-electron chi connectivity index (χ1n) is 5.72. The molecule has 1 aromatic heterocycles. The second-order valence-electron chi connectivity index (χ2n) is 4.05. The lowest BCUT2D eigenvalue weighted by Crippen LogP contribution is -2.12. The van der Waals surface area contributed by atoms with Gasteiger partial charge in [0, 0.05) is 24.0 Å². The first-order chi connectivity index (χ1) is 8.76. The lowest BCUT2D eigenvalue weighted by Gasteiger charge is -2.10. The molecule has 1 aromatic carbocycles. The van der Waals surface area contributed by atoms with Crippen molar-refractivity contribution in [3.05, 3.63) is 59.2 Å². The molecule has 0 saturated carbocycles. The third kappa shape index (κ3) is 2.41. The molecular weight excluding hydrogens is 229 g/mol. The second-order valence-corrected chi connectivity index (χ2v) is 4.05. The maximum atomic E-state index is 13.9. The van der Waals surface area contributed by atoms with E-state index in [9.17, 15) is 4.39 Å². The van der Waals surface area contributed by atoms with Gasteiger partial charge in [-0.1, -0.05) is 12.1 Å². The molecule has 0 bridgehead atoms. The van der Waals surface area contributed by atoms with Crippen LogP contribution in [0.4, 0.5) is 4.39 Å². The number of benzene rings is 1. The molecule has 18 heavy (non-hydrogen) atoms. The third-order valence-electron chi connectivity index (χ3n) is 2.82. The van der Waals surface area contributed by atoms with Gasteiger partial charge in [-0.15, -0.1) is 0 Å². The van der Waals surface area contributed by atoms with E-state index >= 15 is 0 Å². The predicted molar refractivity (Wildman–Crippen MR) is 67.4 cm³/mol. The molecule has 0 radical (unpaired) electrons. The maximum absolute atomic E-state index is 13.9. The van der Waals surface area contributed by atoms with Crippen LogP contribution in [0.1, 0.15) is 16.8 Å². The highest BCUT2D eigenvalue weighted by Gasteiger charge is 2.09. The fourth-order valence-electron chi connectivity index (χ4n) is 1.92. The summed E-state index contributed by atoms with van der Waals surface area (Å²) >= 11 is 0. The van der Waals surface area contributed by atoms with Crippen LogP contribution in [0.25, 0.3) is 0 Å². The zero-order valence-electron chi connectivity index (χ0n) is 10.2.